The summed E-state index contributed by atoms with van der Waals surface area (Å²) in [6.45, 7) is 0.888. The first-order chi connectivity index (χ1) is 9.69. The number of carbonyl (C=O) groups excluding carboxylic acids is 2. The third-order valence-electron chi connectivity index (χ3n) is 2.35. The fraction of sp³-hybridized carbons (Fsp3) is 0.385. The highest BCUT2D eigenvalue weighted by molar-refractivity contribution is 6.00. The third kappa shape index (κ3) is 5.25. The molecule has 0 heterocycles. The lowest BCUT2D eigenvalue weighted by atomic mass is 10.2. The van der Waals surface area contributed by atoms with Crippen LogP contribution < -0.4 is 10.6 Å². The van der Waals surface area contributed by atoms with Crippen molar-refractivity contribution in [1.29, 1.82) is 0 Å². The van der Waals surface area contributed by atoms with Crippen LogP contribution in [0.1, 0.15) is 10.4 Å². The maximum absolute atomic E-state index is 11.6. The number of anilines is 1. The van der Waals surface area contributed by atoms with Gasteiger partial charge in [0, 0.05) is 7.11 Å². The lowest BCUT2D eigenvalue weighted by molar-refractivity contribution is 0.0602. The number of methoxy groups -OCH3 is 2. The number of benzene rings is 1. The van der Waals surface area contributed by atoms with Crippen LogP contribution in [-0.2, 0) is 14.2 Å². The van der Waals surface area contributed by atoms with E-state index >= 15 is 0 Å². The maximum atomic E-state index is 11.6. The third-order valence-corrected chi connectivity index (χ3v) is 2.35. The van der Waals surface area contributed by atoms with Crippen LogP contribution in [0.25, 0.3) is 0 Å². The number of hydrogen-bond acceptors (Lipinski definition) is 5. The second-order valence-corrected chi connectivity index (χ2v) is 3.71. The number of esters is 1. The summed E-state index contributed by atoms with van der Waals surface area (Å²) in [4.78, 5) is 23.1. The second-order valence-electron chi connectivity index (χ2n) is 3.71. The molecule has 1 rings (SSSR count). The summed E-state index contributed by atoms with van der Waals surface area (Å²) in [6, 6.07) is 6.09. The molecule has 2 amide bonds. The molecule has 7 heteroatoms. The Labute approximate surface area is 117 Å². The number of amides is 2. The predicted molar refractivity (Wildman–Crippen MR) is 72.6 cm³/mol. The highest BCUT2D eigenvalue weighted by atomic mass is 16.5. The number of ether oxygens (including phenoxy) is 3. The van der Waals surface area contributed by atoms with E-state index in [1.165, 1.54) is 7.11 Å². The minimum Gasteiger partial charge on any atom is -0.465 e. The number of hydrogen-bond donors (Lipinski definition) is 2. The van der Waals surface area contributed by atoms with Crippen LogP contribution >= 0.6 is 0 Å². The van der Waals surface area contributed by atoms with Gasteiger partial charge in [-0.1, -0.05) is 12.1 Å². The molecule has 2 N–H and O–H groups in total. The van der Waals surface area contributed by atoms with Gasteiger partial charge in [-0.15, -0.1) is 0 Å². The Morgan fingerprint density at radius 3 is 2.60 bits per heavy atom. The number of urea groups is 1. The van der Waals surface area contributed by atoms with Gasteiger partial charge in [0.15, 0.2) is 0 Å². The van der Waals surface area contributed by atoms with Crippen molar-refractivity contribution in [3.63, 3.8) is 0 Å². The minimum atomic E-state index is -0.516. The van der Waals surface area contributed by atoms with E-state index in [0.717, 1.165) is 0 Å². The zero-order chi connectivity index (χ0) is 14.8. The number of para-hydroxylation sites is 1. The first-order valence-corrected chi connectivity index (χ1v) is 5.98. The Bertz CT molecular complexity index is 450. The van der Waals surface area contributed by atoms with Crippen molar-refractivity contribution < 1.29 is 23.8 Å². The topological polar surface area (TPSA) is 85.9 Å². The highest BCUT2D eigenvalue weighted by Crippen LogP contribution is 2.15. The molecule has 0 aliphatic rings. The van der Waals surface area contributed by atoms with Gasteiger partial charge in [-0.2, -0.15) is 0 Å². The zero-order valence-corrected chi connectivity index (χ0v) is 11.5. The Morgan fingerprint density at radius 1 is 1.15 bits per heavy atom. The molecule has 1 aromatic rings. The zero-order valence-electron chi connectivity index (χ0n) is 11.5. The molecule has 0 aliphatic heterocycles. The molecule has 0 unspecified atom stereocenters. The van der Waals surface area contributed by atoms with Crippen molar-refractivity contribution in [3.8, 4) is 0 Å². The van der Waals surface area contributed by atoms with Crippen molar-refractivity contribution in [3.05, 3.63) is 29.8 Å². The number of nitrogens with one attached hydrogen (secondary N) is 2. The standard InChI is InChI=1S/C13H18N2O5/c1-18-7-8-20-9-14-13(17)15-11-6-4-3-5-10(11)12(16)19-2/h3-6H,7-9H2,1-2H3,(H2,14,15,17). The van der Waals surface area contributed by atoms with Gasteiger partial charge < -0.3 is 24.8 Å². The van der Waals surface area contributed by atoms with E-state index in [9.17, 15) is 9.59 Å². The molecule has 0 atom stereocenters. The van der Waals surface area contributed by atoms with E-state index in [2.05, 4.69) is 15.4 Å². The summed E-state index contributed by atoms with van der Waals surface area (Å²) < 4.78 is 14.5. The monoisotopic (exact) mass is 282 g/mol. The van der Waals surface area contributed by atoms with Crippen molar-refractivity contribution in [2.75, 3.05) is 39.5 Å². The molecular formula is C13H18N2O5. The van der Waals surface area contributed by atoms with Gasteiger partial charge in [-0.3, -0.25) is 0 Å². The van der Waals surface area contributed by atoms with Gasteiger partial charge in [0.2, 0.25) is 0 Å². The van der Waals surface area contributed by atoms with Gasteiger partial charge in [0.05, 0.1) is 31.6 Å². The first-order valence-electron chi connectivity index (χ1n) is 5.98. The van der Waals surface area contributed by atoms with Crippen LogP contribution in [0.3, 0.4) is 0 Å². The minimum absolute atomic E-state index is 0.0512. The van der Waals surface area contributed by atoms with Gasteiger partial charge in [0.25, 0.3) is 0 Å². The smallest absolute Gasteiger partial charge is 0.339 e. The van der Waals surface area contributed by atoms with Gasteiger partial charge in [0.1, 0.15) is 6.73 Å². The van der Waals surface area contributed by atoms with Crippen LogP contribution in [0, 0.1) is 0 Å². The summed E-state index contributed by atoms with van der Waals surface area (Å²) >= 11 is 0. The molecule has 0 saturated carbocycles. The predicted octanol–water partition coefficient (Wildman–Crippen LogP) is 1.22. The Kier molecular flexibility index (Phi) is 7.08. The summed E-state index contributed by atoms with van der Waals surface area (Å²) in [5, 5.41) is 5.05. The molecule has 7 nitrogen and oxygen atoms in total. The molecule has 0 fully saturated rings. The summed E-state index contributed by atoms with van der Waals surface area (Å²) in [5.41, 5.74) is 0.652. The van der Waals surface area contributed by atoms with Gasteiger partial charge in [-0.25, -0.2) is 9.59 Å². The molecule has 110 valence electrons. The average Bonchev–Trinajstić information content (AvgIpc) is 2.47. The van der Waals surface area contributed by atoms with Gasteiger partial charge in [-0.05, 0) is 12.1 Å². The Hall–Kier alpha value is -2.12. The molecule has 0 spiro atoms. The van der Waals surface area contributed by atoms with Crippen molar-refractivity contribution in [1.82, 2.24) is 5.32 Å². The van der Waals surface area contributed by atoms with Crippen molar-refractivity contribution in [2.24, 2.45) is 0 Å². The first kappa shape index (κ1) is 15.9. The normalized spacial score (nSPS) is 9.90. The van der Waals surface area contributed by atoms with E-state index in [-0.39, 0.29) is 12.3 Å². The van der Waals surface area contributed by atoms with E-state index in [4.69, 9.17) is 9.47 Å². The molecule has 0 aliphatic carbocycles. The summed E-state index contributed by atoms with van der Waals surface area (Å²) in [7, 11) is 2.84. The van der Waals surface area contributed by atoms with E-state index in [1.807, 2.05) is 0 Å². The average molecular weight is 282 g/mol. The molecule has 1 aromatic carbocycles. The summed E-state index contributed by atoms with van der Waals surface area (Å²) in [5.74, 6) is -0.516. The quantitative estimate of drug-likeness (QED) is 0.446. The van der Waals surface area contributed by atoms with Gasteiger partial charge >= 0.3 is 12.0 Å². The second kappa shape index (κ2) is 8.89. The van der Waals surface area contributed by atoms with E-state index < -0.39 is 12.0 Å². The molecule has 0 aromatic heterocycles. The molecular weight excluding hydrogens is 264 g/mol. The molecule has 0 bridgehead atoms. The SMILES string of the molecule is COCCOCNC(=O)Nc1ccccc1C(=O)OC. The molecule has 20 heavy (non-hydrogen) atoms. The fourth-order valence-corrected chi connectivity index (χ4v) is 1.38. The van der Waals surface area contributed by atoms with Crippen molar-refractivity contribution >= 4 is 17.7 Å². The lowest BCUT2D eigenvalue weighted by Crippen LogP contribution is -2.31. The molecule has 0 saturated heterocycles. The van der Waals surface area contributed by atoms with Crippen LogP contribution in [0.15, 0.2) is 24.3 Å². The van der Waals surface area contributed by atoms with Crippen molar-refractivity contribution in [2.45, 2.75) is 0 Å². The van der Waals surface area contributed by atoms with Crippen LogP contribution in [-0.4, -0.2) is 46.2 Å². The van der Waals surface area contributed by atoms with E-state index in [0.29, 0.717) is 18.9 Å². The lowest BCUT2D eigenvalue weighted by Gasteiger charge is -2.10. The largest absolute Gasteiger partial charge is 0.465 e. The molecule has 0 radical (unpaired) electrons. The highest BCUT2D eigenvalue weighted by Gasteiger charge is 2.12. The Balaban J connectivity index is 2.47. The van der Waals surface area contributed by atoms with Crippen LogP contribution in [0.5, 0.6) is 0 Å². The maximum Gasteiger partial charge on any atom is 0.339 e. The number of carbonyl (C=O) groups is 2. The number of rotatable bonds is 7. The Morgan fingerprint density at radius 2 is 1.90 bits per heavy atom. The summed E-state index contributed by atoms with van der Waals surface area (Å²) in [6.07, 6.45) is 0. The van der Waals surface area contributed by atoms with E-state index in [1.54, 1.807) is 31.4 Å². The van der Waals surface area contributed by atoms with Crippen LogP contribution in [0.2, 0.25) is 0 Å². The van der Waals surface area contributed by atoms with Crippen LogP contribution in [0.4, 0.5) is 10.5 Å². The fourth-order valence-electron chi connectivity index (χ4n) is 1.38.